The third-order valence-electron chi connectivity index (χ3n) is 3.43. The van der Waals surface area contributed by atoms with E-state index in [4.69, 9.17) is 0 Å². The molecule has 3 nitrogen and oxygen atoms in total. The van der Waals surface area contributed by atoms with Gasteiger partial charge in [-0.2, -0.15) is 0 Å². The van der Waals surface area contributed by atoms with Gasteiger partial charge in [-0.25, -0.2) is 0 Å². The highest BCUT2D eigenvalue weighted by atomic mass is 16.1. The Kier molecular flexibility index (Phi) is 2.97. The summed E-state index contributed by atoms with van der Waals surface area (Å²) in [5, 5.41) is 2.91. The quantitative estimate of drug-likeness (QED) is 0.805. The summed E-state index contributed by atoms with van der Waals surface area (Å²) >= 11 is 0. The number of rotatable bonds is 1. The second-order valence-corrected chi connectivity index (χ2v) is 4.73. The minimum atomic E-state index is -0.0335. The number of carbonyl (C=O) groups is 1. The van der Waals surface area contributed by atoms with Crippen LogP contribution < -0.4 is 5.32 Å². The van der Waals surface area contributed by atoms with Gasteiger partial charge in [-0.15, -0.1) is 0 Å². The number of nitrogens with zero attached hydrogens (tertiary/aromatic N) is 1. The molecule has 0 spiro atoms. The van der Waals surface area contributed by atoms with Crippen LogP contribution in [-0.2, 0) is 4.79 Å². The van der Waals surface area contributed by atoms with Gasteiger partial charge in [0.15, 0.2) is 0 Å². The van der Waals surface area contributed by atoms with Gasteiger partial charge in [-0.05, 0) is 37.3 Å². The normalized spacial score (nSPS) is 19.2. The summed E-state index contributed by atoms with van der Waals surface area (Å²) in [4.78, 5) is 16.1. The van der Waals surface area contributed by atoms with Crippen molar-refractivity contribution in [3.05, 3.63) is 41.5 Å². The highest BCUT2D eigenvalue weighted by molar-refractivity contribution is 6.18. The highest BCUT2D eigenvalue weighted by Gasteiger charge is 2.19. The Bertz CT molecular complexity index is 543. The molecule has 3 rings (SSSR count). The number of benzene rings is 1. The van der Waals surface area contributed by atoms with E-state index < -0.39 is 0 Å². The van der Waals surface area contributed by atoms with E-state index in [2.05, 4.69) is 16.4 Å². The summed E-state index contributed by atoms with van der Waals surface area (Å²) < 4.78 is 0. The van der Waals surface area contributed by atoms with Crippen LogP contribution in [-0.4, -0.2) is 18.2 Å². The van der Waals surface area contributed by atoms with Crippen molar-refractivity contribution in [1.82, 2.24) is 0 Å². The molecule has 0 atom stereocenters. The molecule has 0 saturated heterocycles. The summed E-state index contributed by atoms with van der Waals surface area (Å²) in [6.45, 7) is 0.224. The van der Waals surface area contributed by atoms with E-state index in [1.807, 2.05) is 24.3 Å². The van der Waals surface area contributed by atoms with Crippen LogP contribution >= 0.6 is 0 Å². The monoisotopic (exact) mass is 240 g/mol. The lowest BCUT2D eigenvalue weighted by molar-refractivity contribution is -0.114. The topological polar surface area (TPSA) is 41.5 Å². The number of anilines is 1. The van der Waals surface area contributed by atoms with Gasteiger partial charge < -0.3 is 5.32 Å². The lowest BCUT2D eigenvalue weighted by Gasteiger charge is -2.16. The number of fused-ring (bicyclic) bond motifs is 1. The zero-order chi connectivity index (χ0) is 12.4. The summed E-state index contributed by atoms with van der Waals surface area (Å²) in [6, 6.07) is 7.92. The van der Waals surface area contributed by atoms with Crippen LogP contribution in [0.1, 0.15) is 31.2 Å². The van der Waals surface area contributed by atoms with E-state index >= 15 is 0 Å². The number of carbonyl (C=O) groups excluding carboxylic acids is 1. The van der Waals surface area contributed by atoms with Crippen molar-refractivity contribution < 1.29 is 4.79 Å². The SMILES string of the molecule is O=C1CN=C(C2=CCCCC2)c2ccccc2N1. The van der Waals surface area contributed by atoms with E-state index in [0.717, 1.165) is 29.8 Å². The fourth-order valence-corrected chi connectivity index (χ4v) is 2.55. The first-order valence-corrected chi connectivity index (χ1v) is 6.48. The summed E-state index contributed by atoms with van der Waals surface area (Å²) in [5.41, 5.74) is 4.23. The van der Waals surface area contributed by atoms with Gasteiger partial charge in [0.05, 0.1) is 11.4 Å². The lowest BCUT2D eigenvalue weighted by atomic mass is 9.91. The van der Waals surface area contributed by atoms with Crippen LogP contribution in [0.2, 0.25) is 0 Å². The minimum Gasteiger partial charge on any atom is -0.324 e. The average molecular weight is 240 g/mol. The fraction of sp³-hybridized carbons (Fsp3) is 0.333. The van der Waals surface area contributed by atoms with Crippen molar-refractivity contribution in [1.29, 1.82) is 0 Å². The molecule has 18 heavy (non-hydrogen) atoms. The van der Waals surface area contributed by atoms with Crippen LogP contribution in [0.4, 0.5) is 5.69 Å². The zero-order valence-electron chi connectivity index (χ0n) is 10.3. The predicted octanol–water partition coefficient (Wildman–Crippen LogP) is 2.93. The van der Waals surface area contributed by atoms with E-state index in [-0.39, 0.29) is 12.5 Å². The Morgan fingerprint density at radius 2 is 2.06 bits per heavy atom. The molecule has 2 aliphatic rings. The summed E-state index contributed by atoms with van der Waals surface area (Å²) in [6.07, 6.45) is 6.94. The number of para-hydroxylation sites is 1. The van der Waals surface area contributed by atoms with Crippen molar-refractivity contribution in [2.75, 3.05) is 11.9 Å². The zero-order valence-corrected chi connectivity index (χ0v) is 10.3. The number of benzodiazepines with no additional fused rings is 1. The number of hydrogen-bond acceptors (Lipinski definition) is 2. The van der Waals surface area contributed by atoms with Crippen LogP contribution in [0.25, 0.3) is 0 Å². The smallest absolute Gasteiger partial charge is 0.246 e. The standard InChI is InChI=1S/C15H16N2O/c18-14-10-16-15(11-6-2-1-3-7-11)12-8-4-5-9-13(12)17-14/h4-6,8-9H,1-3,7,10H2,(H,17,18). The van der Waals surface area contributed by atoms with Gasteiger partial charge in [-0.1, -0.05) is 24.3 Å². The molecule has 1 aliphatic heterocycles. The minimum absolute atomic E-state index is 0.0335. The predicted molar refractivity (Wildman–Crippen MR) is 73.0 cm³/mol. The second kappa shape index (κ2) is 4.77. The van der Waals surface area contributed by atoms with Crippen molar-refractivity contribution in [2.45, 2.75) is 25.7 Å². The maximum Gasteiger partial charge on any atom is 0.246 e. The van der Waals surface area contributed by atoms with Gasteiger partial charge >= 0.3 is 0 Å². The molecule has 3 heteroatoms. The number of aliphatic imine (C=N–C) groups is 1. The van der Waals surface area contributed by atoms with E-state index in [1.165, 1.54) is 18.4 Å². The Labute approximate surface area is 107 Å². The molecule has 92 valence electrons. The Morgan fingerprint density at radius 3 is 2.89 bits per heavy atom. The molecule has 1 heterocycles. The highest BCUT2D eigenvalue weighted by Crippen LogP contribution is 2.27. The van der Waals surface area contributed by atoms with Crippen LogP contribution in [0.15, 0.2) is 40.9 Å². The molecule has 1 aromatic carbocycles. The number of allylic oxidation sites excluding steroid dienone is 2. The van der Waals surface area contributed by atoms with Crippen LogP contribution in [0, 0.1) is 0 Å². The Morgan fingerprint density at radius 1 is 1.17 bits per heavy atom. The molecule has 1 aromatic rings. The maximum absolute atomic E-state index is 11.6. The maximum atomic E-state index is 11.6. The molecule has 0 aromatic heterocycles. The molecule has 0 fully saturated rings. The van der Waals surface area contributed by atoms with Crippen molar-refractivity contribution >= 4 is 17.3 Å². The fourth-order valence-electron chi connectivity index (χ4n) is 2.55. The largest absolute Gasteiger partial charge is 0.324 e. The van der Waals surface area contributed by atoms with Gasteiger partial charge in [0, 0.05) is 5.56 Å². The molecular formula is C15H16N2O. The van der Waals surface area contributed by atoms with Crippen LogP contribution in [0.3, 0.4) is 0 Å². The average Bonchev–Trinajstić information content (AvgIpc) is 2.58. The van der Waals surface area contributed by atoms with Crippen LogP contribution in [0.5, 0.6) is 0 Å². The van der Waals surface area contributed by atoms with E-state index in [9.17, 15) is 4.79 Å². The third kappa shape index (κ3) is 2.08. The first kappa shape index (κ1) is 11.2. The molecular weight excluding hydrogens is 224 g/mol. The molecule has 0 radical (unpaired) electrons. The number of amides is 1. The van der Waals surface area contributed by atoms with Gasteiger partial charge in [0.1, 0.15) is 6.54 Å². The second-order valence-electron chi connectivity index (χ2n) is 4.73. The van der Waals surface area contributed by atoms with Crippen molar-refractivity contribution in [2.24, 2.45) is 4.99 Å². The molecule has 1 amide bonds. The number of nitrogens with one attached hydrogen (secondary N) is 1. The van der Waals surface area contributed by atoms with Crippen molar-refractivity contribution in [3.63, 3.8) is 0 Å². The molecule has 1 aliphatic carbocycles. The summed E-state index contributed by atoms with van der Waals surface area (Å²) in [5.74, 6) is -0.0335. The third-order valence-corrected chi connectivity index (χ3v) is 3.43. The van der Waals surface area contributed by atoms with Gasteiger partial charge in [0.25, 0.3) is 0 Å². The molecule has 0 saturated carbocycles. The summed E-state index contributed by atoms with van der Waals surface area (Å²) in [7, 11) is 0. The first-order chi connectivity index (χ1) is 8.84. The first-order valence-electron chi connectivity index (χ1n) is 6.48. The van der Waals surface area contributed by atoms with E-state index in [0.29, 0.717) is 0 Å². The van der Waals surface area contributed by atoms with Gasteiger partial charge in [-0.3, -0.25) is 9.79 Å². The number of hydrogen-bond donors (Lipinski definition) is 1. The Balaban J connectivity index is 2.07. The Hall–Kier alpha value is -1.90. The lowest BCUT2D eigenvalue weighted by Crippen LogP contribution is -2.13. The van der Waals surface area contributed by atoms with Gasteiger partial charge in [0.2, 0.25) is 5.91 Å². The van der Waals surface area contributed by atoms with Crippen molar-refractivity contribution in [3.8, 4) is 0 Å². The van der Waals surface area contributed by atoms with E-state index in [1.54, 1.807) is 0 Å². The molecule has 0 bridgehead atoms. The molecule has 0 unspecified atom stereocenters. The molecule has 1 N–H and O–H groups in total.